The number of hydrogen-bond donors (Lipinski definition) is 1. The van der Waals surface area contributed by atoms with Gasteiger partial charge < -0.3 is 9.72 Å². The minimum Gasteiger partial charge on any atom is -0.481 e. The minimum absolute atomic E-state index is 0.178. The highest BCUT2D eigenvalue weighted by atomic mass is 19.4. The van der Waals surface area contributed by atoms with E-state index in [0.717, 1.165) is 10.6 Å². The van der Waals surface area contributed by atoms with Crippen molar-refractivity contribution >= 4 is 16.3 Å². The lowest BCUT2D eigenvalue weighted by Gasteiger charge is -2.10. The standard InChI is InChI=1S/C18H12F3N3O2/c1-26-16-6-5-12(14-9-15(18(19,20)21)23-24(14)16)10-3-2-4-13-11(10)7-8-22-17(13)25/h2-9H,1H3,(H,22,25). The van der Waals surface area contributed by atoms with E-state index in [9.17, 15) is 18.0 Å². The molecule has 0 radical (unpaired) electrons. The quantitative estimate of drug-likeness (QED) is 0.591. The molecule has 0 aliphatic rings. The Morgan fingerprint density at radius 1 is 1.08 bits per heavy atom. The molecule has 3 heterocycles. The highest BCUT2D eigenvalue weighted by molar-refractivity contribution is 5.99. The van der Waals surface area contributed by atoms with E-state index in [1.54, 1.807) is 36.4 Å². The third kappa shape index (κ3) is 2.42. The molecule has 4 aromatic rings. The van der Waals surface area contributed by atoms with Gasteiger partial charge >= 0.3 is 6.18 Å². The molecule has 0 atom stereocenters. The lowest BCUT2D eigenvalue weighted by molar-refractivity contribution is -0.141. The fourth-order valence-electron chi connectivity index (χ4n) is 3.03. The van der Waals surface area contributed by atoms with Crippen LogP contribution in [0, 0.1) is 0 Å². The summed E-state index contributed by atoms with van der Waals surface area (Å²) in [5.74, 6) is 0.178. The van der Waals surface area contributed by atoms with Gasteiger partial charge in [0.25, 0.3) is 5.56 Å². The summed E-state index contributed by atoms with van der Waals surface area (Å²) in [6, 6.07) is 11.0. The lowest BCUT2D eigenvalue weighted by Crippen LogP contribution is -2.06. The fraction of sp³-hybridized carbons (Fsp3) is 0.111. The van der Waals surface area contributed by atoms with Crippen LogP contribution in [0.4, 0.5) is 13.2 Å². The molecule has 0 unspecified atom stereocenters. The second-order valence-electron chi connectivity index (χ2n) is 5.69. The number of nitrogens with zero attached hydrogens (tertiary/aromatic N) is 2. The smallest absolute Gasteiger partial charge is 0.435 e. The van der Waals surface area contributed by atoms with Gasteiger partial charge in [-0.25, -0.2) is 0 Å². The van der Waals surface area contributed by atoms with E-state index in [0.29, 0.717) is 21.9 Å². The van der Waals surface area contributed by atoms with E-state index in [1.807, 2.05) is 0 Å². The number of fused-ring (bicyclic) bond motifs is 2. The van der Waals surface area contributed by atoms with E-state index < -0.39 is 11.9 Å². The SMILES string of the molecule is COc1ccc(-c2cccc3c(=O)[nH]ccc23)c2cc(C(F)(F)F)nn12. The van der Waals surface area contributed by atoms with Crippen molar-refractivity contribution in [2.75, 3.05) is 7.11 Å². The first-order chi connectivity index (χ1) is 12.4. The number of ether oxygens (including phenoxy) is 1. The maximum absolute atomic E-state index is 13.1. The Labute approximate surface area is 144 Å². The minimum atomic E-state index is -4.58. The van der Waals surface area contributed by atoms with Crippen molar-refractivity contribution < 1.29 is 17.9 Å². The Morgan fingerprint density at radius 2 is 1.88 bits per heavy atom. The molecule has 4 rings (SSSR count). The first-order valence-corrected chi connectivity index (χ1v) is 7.65. The van der Waals surface area contributed by atoms with Gasteiger partial charge in [-0.15, -0.1) is 0 Å². The summed E-state index contributed by atoms with van der Waals surface area (Å²) in [7, 11) is 1.36. The topological polar surface area (TPSA) is 59.4 Å². The van der Waals surface area contributed by atoms with Crippen LogP contribution in [0.3, 0.4) is 0 Å². The Bertz CT molecular complexity index is 1190. The van der Waals surface area contributed by atoms with Gasteiger partial charge in [0.2, 0.25) is 5.88 Å². The van der Waals surface area contributed by atoms with Crippen LogP contribution in [0.5, 0.6) is 5.88 Å². The molecule has 3 aromatic heterocycles. The van der Waals surface area contributed by atoms with Crippen molar-refractivity contribution in [3.8, 4) is 17.0 Å². The Morgan fingerprint density at radius 3 is 2.62 bits per heavy atom. The monoisotopic (exact) mass is 359 g/mol. The molecule has 132 valence electrons. The number of pyridine rings is 2. The Kier molecular flexibility index (Phi) is 3.50. The largest absolute Gasteiger partial charge is 0.481 e. The maximum atomic E-state index is 13.1. The summed E-state index contributed by atoms with van der Waals surface area (Å²) >= 11 is 0. The molecule has 0 bridgehead atoms. The third-order valence-corrected chi connectivity index (χ3v) is 4.19. The second kappa shape index (κ2) is 5.62. The summed E-state index contributed by atoms with van der Waals surface area (Å²) in [5, 5.41) is 4.73. The van der Waals surface area contributed by atoms with Gasteiger partial charge in [0, 0.05) is 23.2 Å². The average Bonchev–Trinajstić information content (AvgIpc) is 3.07. The number of benzene rings is 1. The van der Waals surface area contributed by atoms with E-state index in [4.69, 9.17) is 4.74 Å². The van der Waals surface area contributed by atoms with E-state index in [2.05, 4.69) is 10.1 Å². The molecule has 8 heteroatoms. The molecule has 1 aromatic carbocycles. The molecule has 0 aliphatic carbocycles. The van der Waals surface area contributed by atoms with Crippen molar-refractivity contribution in [1.82, 2.24) is 14.6 Å². The third-order valence-electron chi connectivity index (χ3n) is 4.19. The molecule has 0 fully saturated rings. The predicted octanol–water partition coefficient (Wildman–Crippen LogP) is 3.87. The van der Waals surface area contributed by atoms with E-state index in [-0.39, 0.29) is 17.0 Å². The predicted molar refractivity (Wildman–Crippen MR) is 90.3 cm³/mol. The van der Waals surface area contributed by atoms with Crippen molar-refractivity contribution in [2.24, 2.45) is 0 Å². The Balaban J connectivity index is 2.09. The van der Waals surface area contributed by atoms with Gasteiger partial charge in [0.15, 0.2) is 5.69 Å². The summed E-state index contributed by atoms with van der Waals surface area (Å²) in [6.45, 7) is 0. The first-order valence-electron chi connectivity index (χ1n) is 7.65. The zero-order chi connectivity index (χ0) is 18.5. The summed E-state index contributed by atoms with van der Waals surface area (Å²) in [5.41, 5.74) is 0.115. The fourth-order valence-corrected chi connectivity index (χ4v) is 3.03. The Hall–Kier alpha value is -3.29. The van der Waals surface area contributed by atoms with Gasteiger partial charge in [-0.3, -0.25) is 4.79 Å². The number of nitrogens with one attached hydrogen (secondary N) is 1. The van der Waals surface area contributed by atoms with Gasteiger partial charge in [0.1, 0.15) is 0 Å². The molecule has 0 spiro atoms. The van der Waals surface area contributed by atoms with Gasteiger partial charge in [-0.1, -0.05) is 12.1 Å². The van der Waals surface area contributed by atoms with Crippen LogP contribution in [-0.4, -0.2) is 21.7 Å². The highest BCUT2D eigenvalue weighted by Crippen LogP contribution is 2.36. The number of halogens is 3. The van der Waals surface area contributed by atoms with Crippen molar-refractivity contribution in [1.29, 1.82) is 0 Å². The van der Waals surface area contributed by atoms with Crippen LogP contribution in [0.1, 0.15) is 5.69 Å². The van der Waals surface area contributed by atoms with E-state index >= 15 is 0 Å². The molecule has 1 N–H and O–H groups in total. The number of hydrogen-bond acceptors (Lipinski definition) is 3. The van der Waals surface area contributed by atoms with Crippen LogP contribution >= 0.6 is 0 Å². The van der Waals surface area contributed by atoms with Gasteiger partial charge in [-0.05, 0) is 35.2 Å². The summed E-state index contributed by atoms with van der Waals surface area (Å²) in [4.78, 5) is 14.6. The average molecular weight is 359 g/mol. The molecule has 0 amide bonds. The number of rotatable bonds is 2. The number of aromatic amines is 1. The van der Waals surface area contributed by atoms with Crippen molar-refractivity contribution in [3.63, 3.8) is 0 Å². The number of aromatic nitrogens is 3. The highest BCUT2D eigenvalue weighted by Gasteiger charge is 2.35. The number of H-pyrrole nitrogens is 1. The van der Waals surface area contributed by atoms with Gasteiger partial charge in [0.05, 0.1) is 12.6 Å². The molecule has 0 saturated heterocycles. The maximum Gasteiger partial charge on any atom is 0.435 e. The van der Waals surface area contributed by atoms with Crippen LogP contribution in [0.25, 0.3) is 27.4 Å². The summed E-state index contributed by atoms with van der Waals surface area (Å²) in [6.07, 6.45) is -3.07. The van der Waals surface area contributed by atoms with Crippen LogP contribution in [0.2, 0.25) is 0 Å². The number of methoxy groups -OCH3 is 1. The lowest BCUT2D eigenvalue weighted by atomic mass is 9.99. The molecular weight excluding hydrogens is 347 g/mol. The molecule has 0 saturated carbocycles. The summed E-state index contributed by atoms with van der Waals surface area (Å²) < 4.78 is 45.7. The van der Waals surface area contributed by atoms with Crippen molar-refractivity contribution in [2.45, 2.75) is 6.18 Å². The molecule has 5 nitrogen and oxygen atoms in total. The second-order valence-corrected chi connectivity index (χ2v) is 5.69. The molecular formula is C18H12F3N3O2. The molecule has 0 aliphatic heterocycles. The van der Waals surface area contributed by atoms with Crippen LogP contribution in [-0.2, 0) is 6.18 Å². The normalized spacial score (nSPS) is 12.0. The van der Waals surface area contributed by atoms with E-state index in [1.165, 1.54) is 13.3 Å². The van der Waals surface area contributed by atoms with Crippen LogP contribution < -0.4 is 10.3 Å². The zero-order valence-corrected chi connectivity index (χ0v) is 13.5. The molecule has 26 heavy (non-hydrogen) atoms. The number of alkyl halides is 3. The van der Waals surface area contributed by atoms with Crippen LogP contribution in [0.15, 0.2) is 53.5 Å². The first kappa shape index (κ1) is 16.2. The zero-order valence-electron chi connectivity index (χ0n) is 13.5. The van der Waals surface area contributed by atoms with Crippen molar-refractivity contribution in [3.05, 3.63) is 64.7 Å². The van der Waals surface area contributed by atoms with Gasteiger partial charge in [-0.2, -0.15) is 22.8 Å².